The Bertz CT molecular complexity index is 1280. The molecule has 0 radical (unpaired) electrons. The van der Waals surface area contributed by atoms with Gasteiger partial charge in [-0.1, -0.05) is 24.3 Å². The summed E-state index contributed by atoms with van der Waals surface area (Å²) >= 11 is 0. The van der Waals surface area contributed by atoms with Crippen LogP contribution in [0.5, 0.6) is 0 Å². The van der Waals surface area contributed by atoms with Crippen LogP contribution in [-0.2, 0) is 14.1 Å². The van der Waals surface area contributed by atoms with Crippen LogP contribution in [0.25, 0.3) is 10.8 Å². The van der Waals surface area contributed by atoms with Crippen molar-refractivity contribution in [2.24, 2.45) is 24.3 Å². The first kappa shape index (κ1) is 17.3. The summed E-state index contributed by atoms with van der Waals surface area (Å²) in [5.41, 5.74) is 4.08. The molecule has 0 aliphatic heterocycles. The number of benzene rings is 2. The van der Waals surface area contributed by atoms with Crippen LogP contribution in [0.3, 0.4) is 0 Å². The standard InChI is InChI=1S/C18H16N8O2/c1-25-13(7-9-19-25)21-23-15-11-5-3-4-6-12(11)16(18(28)17(15)27)24-22-14-8-10-20-26(14)2/h3-10,21-22H,1-2H3/b23-15-,24-16+. The number of aryl methyl sites for hydroxylation is 2. The van der Waals surface area contributed by atoms with Crippen LogP contribution in [0.1, 0.15) is 0 Å². The van der Waals surface area contributed by atoms with Gasteiger partial charge in [-0.25, -0.2) is 0 Å². The number of rotatable bonds is 4. The quantitative estimate of drug-likeness (QED) is 0.375. The maximum atomic E-state index is 12.7. The smallest absolute Gasteiger partial charge is 0.256 e. The van der Waals surface area contributed by atoms with Crippen molar-refractivity contribution >= 4 is 22.4 Å². The molecular weight excluding hydrogens is 360 g/mol. The molecule has 2 N–H and O–H groups in total. The number of anilines is 2. The second kappa shape index (κ2) is 6.91. The van der Waals surface area contributed by atoms with Gasteiger partial charge in [0.25, 0.3) is 10.9 Å². The molecule has 140 valence electrons. The molecule has 4 rings (SSSR count). The van der Waals surface area contributed by atoms with Gasteiger partial charge in [-0.05, 0) is 0 Å². The van der Waals surface area contributed by atoms with E-state index in [4.69, 9.17) is 0 Å². The van der Waals surface area contributed by atoms with Gasteiger partial charge in [-0.15, -0.1) is 0 Å². The highest BCUT2D eigenvalue weighted by atomic mass is 16.2. The van der Waals surface area contributed by atoms with Gasteiger partial charge < -0.3 is 0 Å². The topological polar surface area (TPSA) is 119 Å². The second-order valence-electron chi connectivity index (χ2n) is 6.03. The molecule has 0 atom stereocenters. The van der Waals surface area contributed by atoms with Gasteiger partial charge in [0.1, 0.15) is 22.4 Å². The van der Waals surface area contributed by atoms with Crippen molar-refractivity contribution in [1.29, 1.82) is 0 Å². The maximum Gasteiger partial charge on any atom is 0.256 e. The lowest BCUT2D eigenvalue weighted by atomic mass is 10.1. The highest BCUT2D eigenvalue weighted by Gasteiger charge is 2.10. The zero-order valence-electron chi connectivity index (χ0n) is 15.1. The molecule has 0 saturated carbocycles. The molecule has 28 heavy (non-hydrogen) atoms. The van der Waals surface area contributed by atoms with Crippen molar-refractivity contribution in [2.75, 3.05) is 10.9 Å². The summed E-state index contributed by atoms with van der Waals surface area (Å²) in [6, 6.07) is 10.4. The van der Waals surface area contributed by atoms with Crippen molar-refractivity contribution in [1.82, 2.24) is 19.6 Å². The number of hydrogen-bond donors (Lipinski definition) is 2. The van der Waals surface area contributed by atoms with E-state index in [1.165, 1.54) is 0 Å². The van der Waals surface area contributed by atoms with Crippen LogP contribution in [0.4, 0.5) is 11.6 Å². The average Bonchev–Trinajstić information content (AvgIpc) is 3.30. The Kier molecular flexibility index (Phi) is 4.28. The zero-order valence-corrected chi connectivity index (χ0v) is 15.1. The van der Waals surface area contributed by atoms with Crippen molar-refractivity contribution in [3.05, 3.63) is 80.0 Å². The molecule has 0 aliphatic carbocycles. The van der Waals surface area contributed by atoms with Crippen molar-refractivity contribution < 1.29 is 0 Å². The predicted molar refractivity (Wildman–Crippen MR) is 104 cm³/mol. The molecule has 0 unspecified atom stereocenters. The summed E-state index contributed by atoms with van der Waals surface area (Å²) in [6.07, 6.45) is 3.19. The first-order valence-electron chi connectivity index (χ1n) is 8.38. The summed E-state index contributed by atoms with van der Waals surface area (Å²) in [5, 5.41) is 17.5. The monoisotopic (exact) mass is 376 g/mol. The Morgan fingerprint density at radius 2 is 1.18 bits per heavy atom. The predicted octanol–water partition coefficient (Wildman–Crippen LogP) is -0.242. The van der Waals surface area contributed by atoms with Gasteiger partial charge in [0.15, 0.2) is 0 Å². The fraction of sp³-hybridized carbons (Fsp3) is 0.111. The Balaban J connectivity index is 1.92. The van der Waals surface area contributed by atoms with E-state index in [2.05, 4.69) is 31.3 Å². The van der Waals surface area contributed by atoms with Crippen LogP contribution in [0, 0.1) is 0 Å². The Morgan fingerprint density at radius 1 is 0.750 bits per heavy atom. The third-order valence-corrected chi connectivity index (χ3v) is 4.28. The van der Waals surface area contributed by atoms with E-state index < -0.39 is 10.9 Å². The average molecular weight is 376 g/mol. The van der Waals surface area contributed by atoms with E-state index in [0.717, 1.165) is 0 Å². The number of nitrogens with zero attached hydrogens (tertiary/aromatic N) is 6. The van der Waals surface area contributed by atoms with Crippen LogP contribution in [-0.4, -0.2) is 19.6 Å². The molecule has 2 aromatic carbocycles. The Labute approximate surface area is 157 Å². The van der Waals surface area contributed by atoms with E-state index in [1.807, 2.05) is 0 Å². The lowest BCUT2D eigenvalue weighted by Gasteiger charge is -2.02. The molecule has 2 heterocycles. The molecule has 0 saturated heterocycles. The lowest BCUT2D eigenvalue weighted by molar-refractivity contribution is 0.770. The number of aromatic nitrogens is 4. The minimum absolute atomic E-state index is 0.0290. The first-order chi connectivity index (χ1) is 13.6. The highest BCUT2D eigenvalue weighted by Crippen LogP contribution is 2.05. The van der Waals surface area contributed by atoms with Gasteiger partial charge in [0, 0.05) is 37.0 Å². The van der Waals surface area contributed by atoms with Crippen molar-refractivity contribution in [3.63, 3.8) is 0 Å². The number of nitrogens with one attached hydrogen (secondary N) is 2. The first-order valence-corrected chi connectivity index (χ1v) is 8.38. The van der Waals surface area contributed by atoms with Gasteiger partial charge in [-0.3, -0.25) is 29.8 Å². The van der Waals surface area contributed by atoms with Gasteiger partial charge in [0.05, 0.1) is 12.4 Å². The summed E-state index contributed by atoms with van der Waals surface area (Å²) < 4.78 is 3.13. The number of hydrogen-bond acceptors (Lipinski definition) is 8. The summed E-state index contributed by atoms with van der Waals surface area (Å²) in [7, 11) is 3.47. The molecule has 0 aliphatic rings. The van der Waals surface area contributed by atoms with E-state index in [9.17, 15) is 9.59 Å². The Morgan fingerprint density at radius 3 is 1.54 bits per heavy atom. The Hall–Kier alpha value is -4.08. The molecule has 10 heteroatoms. The molecule has 0 amide bonds. The van der Waals surface area contributed by atoms with Gasteiger partial charge in [-0.2, -0.15) is 20.4 Å². The van der Waals surface area contributed by atoms with E-state index in [-0.39, 0.29) is 10.7 Å². The summed E-state index contributed by atoms with van der Waals surface area (Å²) in [5.74, 6) is 1.17. The van der Waals surface area contributed by atoms with Crippen LogP contribution >= 0.6 is 0 Å². The zero-order chi connectivity index (χ0) is 19.7. The highest BCUT2D eigenvalue weighted by molar-refractivity contribution is 5.81. The fourth-order valence-corrected chi connectivity index (χ4v) is 2.77. The molecule has 10 nitrogen and oxygen atoms in total. The second-order valence-corrected chi connectivity index (χ2v) is 6.03. The molecule has 2 aromatic heterocycles. The third kappa shape index (κ3) is 2.96. The summed E-state index contributed by atoms with van der Waals surface area (Å²) in [4.78, 5) is 25.4. The third-order valence-electron chi connectivity index (χ3n) is 4.28. The van der Waals surface area contributed by atoms with Crippen molar-refractivity contribution in [3.8, 4) is 0 Å². The molecule has 4 aromatic rings. The van der Waals surface area contributed by atoms with Gasteiger partial charge in [0.2, 0.25) is 0 Å². The van der Waals surface area contributed by atoms with Crippen molar-refractivity contribution in [2.45, 2.75) is 0 Å². The van der Waals surface area contributed by atoms with Crippen LogP contribution < -0.4 is 32.4 Å². The molecular formula is C18H16N8O2. The minimum atomic E-state index is -0.737. The maximum absolute atomic E-state index is 12.7. The lowest BCUT2D eigenvalue weighted by Crippen LogP contribution is -2.48. The van der Waals surface area contributed by atoms with E-state index in [0.29, 0.717) is 22.4 Å². The van der Waals surface area contributed by atoms with Crippen LogP contribution in [0.2, 0.25) is 0 Å². The normalized spacial score (nSPS) is 12.6. The van der Waals surface area contributed by atoms with E-state index >= 15 is 0 Å². The SMILES string of the molecule is Cn1nccc1N/N=c1\c(=O)c(=O)/c(=N/Nc2ccnn2C)c2ccccc12. The van der Waals surface area contributed by atoms with E-state index in [1.54, 1.807) is 72.3 Å². The largest absolute Gasteiger partial charge is 0.283 e. The minimum Gasteiger partial charge on any atom is -0.283 e. The van der Waals surface area contributed by atoms with Crippen LogP contribution in [0.15, 0.2) is 68.6 Å². The molecule has 0 spiro atoms. The molecule has 0 bridgehead atoms. The fourth-order valence-electron chi connectivity index (χ4n) is 2.77. The van der Waals surface area contributed by atoms with Gasteiger partial charge >= 0.3 is 0 Å². The molecule has 0 fully saturated rings. The number of fused-ring (bicyclic) bond motifs is 1. The summed E-state index contributed by atoms with van der Waals surface area (Å²) in [6.45, 7) is 0.